The van der Waals surface area contributed by atoms with E-state index >= 15 is 0 Å². The van der Waals surface area contributed by atoms with Gasteiger partial charge < -0.3 is 24.4 Å². The number of carbonyl (C=O) groups is 2. The molecule has 4 aromatic rings. The van der Waals surface area contributed by atoms with Crippen LogP contribution in [0.3, 0.4) is 0 Å². The molecule has 1 atom stereocenters. The van der Waals surface area contributed by atoms with Crippen molar-refractivity contribution in [1.29, 1.82) is 0 Å². The van der Waals surface area contributed by atoms with Crippen LogP contribution in [0.1, 0.15) is 30.1 Å². The van der Waals surface area contributed by atoms with Crippen LogP contribution in [0, 0.1) is 0 Å². The van der Waals surface area contributed by atoms with E-state index in [4.69, 9.17) is 4.74 Å². The van der Waals surface area contributed by atoms with Crippen molar-refractivity contribution in [3.05, 3.63) is 48.5 Å². The molecule has 10 heteroatoms. The number of benzene rings is 2. The number of rotatable bonds is 6. The summed E-state index contributed by atoms with van der Waals surface area (Å²) in [6.07, 6.45) is 6.14. The number of aldehydes is 1. The van der Waals surface area contributed by atoms with Crippen LogP contribution < -0.4 is 14.5 Å². The van der Waals surface area contributed by atoms with Crippen LogP contribution in [0.25, 0.3) is 21.9 Å². The van der Waals surface area contributed by atoms with Crippen molar-refractivity contribution in [2.24, 2.45) is 0 Å². The number of amides is 1. The number of nitrogens with zero attached hydrogens (tertiary/aromatic N) is 6. The van der Waals surface area contributed by atoms with Crippen LogP contribution in [0.5, 0.6) is 5.75 Å². The third-order valence-electron chi connectivity index (χ3n) is 7.49. The van der Waals surface area contributed by atoms with Gasteiger partial charge in [-0.05, 0) is 30.4 Å². The lowest BCUT2D eigenvalue weighted by molar-refractivity contribution is -0.129. The Hall–Kier alpha value is -4.21. The first-order chi connectivity index (χ1) is 18.1. The first-order valence-corrected chi connectivity index (χ1v) is 12.7. The summed E-state index contributed by atoms with van der Waals surface area (Å²) in [4.78, 5) is 46.7. The predicted molar refractivity (Wildman–Crippen MR) is 141 cm³/mol. The first kappa shape index (κ1) is 23.2. The van der Waals surface area contributed by atoms with E-state index in [1.165, 1.54) is 0 Å². The van der Waals surface area contributed by atoms with Crippen molar-refractivity contribution >= 4 is 45.6 Å². The number of aromatic amines is 1. The van der Waals surface area contributed by atoms with Gasteiger partial charge in [0.05, 0.1) is 12.4 Å². The molecule has 10 nitrogen and oxygen atoms in total. The van der Waals surface area contributed by atoms with Crippen LogP contribution in [-0.2, 0) is 4.79 Å². The highest BCUT2D eigenvalue weighted by Gasteiger charge is 2.29. The Labute approximate surface area is 214 Å². The van der Waals surface area contributed by atoms with Crippen molar-refractivity contribution in [3.63, 3.8) is 0 Å². The maximum absolute atomic E-state index is 12.4. The number of piperazine rings is 1. The lowest BCUT2D eigenvalue weighted by atomic mass is 10.0. The predicted octanol–water partition coefficient (Wildman–Crippen LogP) is 3.03. The zero-order chi connectivity index (χ0) is 25.4. The molecule has 0 aliphatic carbocycles. The summed E-state index contributed by atoms with van der Waals surface area (Å²) in [5, 5.41) is 1.79. The molecule has 1 N–H and O–H groups in total. The minimum absolute atomic E-state index is 0.0837. The second-order valence-electron chi connectivity index (χ2n) is 9.56. The maximum Gasteiger partial charge on any atom is 0.219 e. The van der Waals surface area contributed by atoms with Gasteiger partial charge in [0.2, 0.25) is 5.91 Å². The first-order valence-electron chi connectivity index (χ1n) is 12.7. The minimum Gasteiger partial charge on any atom is -0.491 e. The van der Waals surface area contributed by atoms with Crippen molar-refractivity contribution in [2.75, 3.05) is 49.1 Å². The average molecular weight is 500 g/mol. The monoisotopic (exact) mass is 499 g/mol. The number of H-pyrrole nitrogens is 1. The van der Waals surface area contributed by atoms with Crippen molar-refractivity contribution in [2.45, 2.75) is 25.8 Å². The molecule has 2 saturated heterocycles. The minimum atomic E-state index is 0.0837. The van der Waals surface area contributed by atoms with E-state index in [0.29, 0.717) is 44.1 Å². The lowest BCUT2D eigenvalue weighted by Gasteiger charge is -2.36. The molecule has 2 aromatic heterocycles. The summed E-state index contributed by atoms with van der Waals surface area (Å²) in [6, 6.07) is 10.1. The van der Waals surface area contributed by atoms with Gasteiger partial charge in [-0.3, -0.25) is 9.59 Å². The Morgan fingerprint density at radius 3 is 2.78 bits per heavy atom. The Morgan fingerprint density at radius 2 is 1.97 bits per heavy atom. The van der Waals surface area contributed by atoms with Crippen LogP contribution in [0.4, 0.5) is 11.5 Å². The van der Waals surface area contributed by atoms with E-state index in [1.807, 2.05) is 35.2 Å². The zero-order valence-corrected chi connectivity index (χ0v) is 20.8. The van der Waals surface area contributed by atoms with Crippen LogP contribution >= 0.6 is 0 Å². The Balaban J connectivity index is 1.27. The lowest BCUT2D eigenvalue weighted by Crippen LogP contribution is -2.48. The summed E-state index contributed by atoms with van der Waals surface area (Å²) >= 11 is 0. The molecule has 2 aliphatic rings. The van der Waals surface area contributed by atoms with Crippen molar-refractivity contribution in [3.8, 4) is 5.75 Å². The van der Waals surface area contributed by atoms with Gasteiger partial charge in [-0.2, -0.15) is 0 Å². The molecule has 2 aromatic carbocycles. The van der Waals surface area contributed by atoms with Gasteiger partial charge in [-0.25, -0.2) is 15.0 Å². The van der Waals surface area contributed by atoms with E-state index in [2.05, 4.69) is 29.7 Å². The second-order valence-corrected chi connectivity index (χ2v) is 9.56. The summed E-state index contributed by atoms with van der Waals surface area (Å²) in [6.45, 7) is 5.60. The number of hydrogen-bond donors (Lipinski definition) is 1. The topological polar surface area (TPSA) is 108 Å². The molecule has 0 spiro atoms. The van der Waals surface area contributed by atoms with E-state index in [1.54, 1.807) is 19.6 Å². The fraction of sp³-hybridized carbons (Fsp3) is 0.370. The Kier molecular flexibility index (Phi) is 6.07. The normalized spacial score (nSPS) is 18.1. The third-order valence-corrected chi connectivity index (χ3v) is 7.49. The highest BCUT2D eigenvalue weighted by atomic mass is 16.5. The molecule has 0 bridgehead atoms. The van der Waals surface area contributed by atoms with Gasteiger partial charge in [-0.1, -0.05) is 18.2 Å². The molecular formula is C27H29N7O3. The quantitative estimate of drug-likeness (QED) is 0.404. The number of hydrogen-bond acceptors (Lipinski definition) is 8. The molecule has 2 fully saturated rings. The fourth-order valence-electron chi connectivity index (χ4n) is 5.58. The molecule has 0 radical (unpaired) electrons. The van der Waals surface area contributed by atoms with Crippen LogP contribution in [0.15, 0.2) is 43.0 Å². The van der Waals surface area contributed by atoms with E-state index < -0.39 is 0 Å². The zero-order valence-electron chi connectivity index (χ0n) is 20.8. The number of fused-ring (bicyclic) bond motifs is 2. The van der Waals surface area contributed by atoms with Gasteiger partial charge in [0.25, 0.3) is 0 Å². The van der Waals surface area contributed by atoms with Gasteiger partial charge >= 0.3 is 0 Å². The average Bonchev–Trinajstić information content (AvgIpc) is 3.61. The van der Waals surface area contributed by atoms with Gasteiger partial charge in [-0.15, -0.1) is 0 Å². The summed E-state index contributed by atoms with van der Waals surface area (Å²) in [5.41, 5.74) is 2.99. The smallest absolute Gasteiger partial charge is 0.219 e. The molecule has 0 unspecified atom stereocenters. The van der Waals surface area contributed by atoms with Crippen LogP contribution in [-0.4, -0.2) is 82.4 Å². The maximum atomic E-state index is 12.4. The number of nitrogens with one attached hydrogen (secondary N) is 1. The van der Waals surface area contributed by atoms with Crippen molar-refractivity contribution in [1.82, 2.24) is 24.8 Å². The van der Waals surface area contributed by atoms with Gasteiger partial charge in [0, 0.05) is 56.3 Å². The fourth-order valence-corrected chi connectivity index (χ4v) is 5.58. The van der Waals surface area contributed by atoms with Gasteiger partial charge in [0.15, 0.2) is 17.8 Å². The summed E-state index contributed by atoms with van der Waals surface area (Å²) < 4.78 is 6.44. The highest BCUT2D eigenvalue weighted by molar-refractivity contribution is 6.06. The standard InChI is InChI=1S/C27H29N7O3/c1-18(36)32-10-12-33(13-11-32)22-8-7-19-4-2-6-23(24(19)21(22)14-35)37-15-20-5-3-9-34(20)27-25-26(29-16-28-25)30-17-31-27/h2,4,6-8,14,16-17,20H,3,5,9-13,15H2,1H3,(H,28,29,30,31)/t20-/m1/s1. The summed E-state index contributed by atoms with van der Waals surface area (Å²) in [5.74, 6) is 1.60. The van der Waals surface area contributed by atoms with E-state index in [9.17, 15) is 9.59 Å². The highest BCUT2D eigenvalue weighted by Crippen LogP contribution is 2.36. The van der Waals surface area contributed by atoms with E-state index in [0.717, 1.165) is 59.1 Å². The molecule has 6 rings (SSSR count). The molecule has 0 saturated carbocycles. The Morgan fingerprint density at radius 1 is 1.11 bits per heavy atom. The number of aromatic nitrogens is 4. The largest absolute Gasteiger partial charge is 0.491 e. The Bertz CT molecular complexity index is 1460. The van der Waals surface area contributed by atoms with Crippen LogP contribution in [0.2, 0.25) is 0 Å². The number of carbonyl (C=O) groups excluding carboxylic acids is 2. The molecule has 4 heterocycles. The molecular weight excluding hydrogens is 470 g/mol. The molecule has 37 heavy (non-hydrogen) atoms. The second kappa shape index (κ2) is 9.68. The van der Waals surface area contributed by atoms with Gasteiger partial charge in [0.1, 0.15) is 24.2 Å². The SMILES string of the molecule is CC(=O)N1CCN(c2ccc3cccc(OC[C@H]4CCCN4c4ncnc5[nH]cnc45)c3c2C=O)CC1. The van der Waals surface area contributed by atoms with E-state index in [-0.39, 0.29) is 11.9 Å². The molecule has 190 valence electrons. The third kappa shape index (κ3) is 4.22. The van der Waals surface area contributed by atoms with Crippen molar-refractivity contribution < 1.29 is 14.3 Å². The molecule has 1 amide bonds. The number of ether oxygens (including phenoxy) is 1. The number of imidazole rings is 1. The summed E-state index contributed by atoms with van der Waals surface area (Å²) in [7, 11) is 0. The number of anilines is 2. The molecule has 2 aliphatic heterocycles.